The highest BCUT2D eigenvalue weighted by atomic mass is 15.3. The summed E-state index contributed by atoms with van der Waals surface area (Å²) in [7, 11) is 0. The van der Waals surface area contributed by atoms with E-state index < -0.39 is 0 Å². The number of nitrogens with zero attached hydrogens (tertiary/aromatic N) is 4. The van der Waals surface area contributed by atoms with E-state index in [-0.39, 0.29) is 5.54 Å². The number of rotatable bonds is 2. The molecule has 4 heteroatoms. The molecule has 1 aliphatic heterocycles. The zero-order valence-corrected chi connectivity index (χ0v) is 15.8. The predicted octanol–water partition coefficient (Wildman–Crippen LogP) is 4.32. The summed E-state index contributed by atoms with van der Waals surface area (Å²) in [6, 6.07) is 18.8. The van der Waals surface area contributed by atoms with Gasteiger partial charge in [-0.1, -0.05) is 30.3 Å². The Morgan fingerprint density at radius 2 is 1.54 bits per heavy atom. The molecule has 0 amide bonds. The Labute approximate surface area is 154 Å². The third-order valence-electron chi connectivity index (χ3n) is 4.62. The maximum absolute atomic E-state index is 5.12. The van der Waals surface area contributed by atoms with Crippen molar-refractivity contribution in [2.75, 3.05) is 18.0 Å². The summed E-state index contributed by atoms with van der Waals surface area (Å²) in [5.74, 6) is 0.996. The summed E-state index contributed by atoms with van der Waals surface area (Å²) >= 11 is 0. The number of hydrogen-bond acceptors (Lipinski definition) is 3. The molecule has 0 N–H and O–H groups in total. The first-order valence-electron chi connectivity index (χ1n) is 9.41. The second kappa shape index (κ2) is 6.60. The van der Waals surface area contributed by atoms with Crippen LogP contribution in [0.3, 0.4) is 0 Å². The molecule has 0 saturated carbocycles. The zero-order valence-electron chi connectivity index (χ0n) is 15.8. The monoisotopic (exact) mass is 346 g/mol. The van der Waals surface area contributed by atoms with Crippen molar-refractivity contribution in [3.05, 3.63) is 60.1 Å². The SMILES string of the molecule is CC(C)(C)N=c1c2ccccc2nc(N2CCCC2)n1-c1ccccc1. The highest BCUT2D eigenvalue weighted by Gasteiger charge is 2.21. The lowest BCUT2D eigenvalue weighted by atomic mass is 10.1. The second-order valence-corrected chi connectivity index (χ2v) is 7.90. The summed E-state index contributed by atoms with van der Waals surface area (Å²) in [6.07, 6.45) is 2.43. The highest BCUT2D eigenvalue weighted by molar-refractivity contribution is 5.79. The van der Waals surface area contributed by atoms with Crippen LogP contribution in [0.5, 0.6) is 0 Å². The molecule has 1 aliphatic rings. The molecule has 1 fully saturated rings. The van der Waals surface area contributed by atoms with E-state index in [4.69, 9.17) is 9.98 Å². The van der Waals surface area contributed by atoms with Crippen LogP contribution in [0.25, 0.3) is 16.6 Å². The van der Waals surface area contributed by atoms with E-state index >= 15 is 0 Å². The Bertz CT molecular complexity index is 974. The molecule has 2 heterocycles. The van der Waals surface area contributed by atoms with E-state index in [2.05, 4.69) is 84.8 Å². The molecule has 134 valence electrons. The lowest BCUT2D eigenvalue weighted by Crippen LogP contribution is -2.33. The molecule has 4 rings (SSSR count). The van der Waals surface area contributed by atoms with Crippen molar-refractivity contribution in [1.29, 1.82) is 0 Å². The normalized spacial score (nSPS) is 15.8. The van der Waals surface area contributed by atoms with E-state index in [1.807, 2.05) is 0 Å². The smallest absolute Gasteiger partial charge is 0.212 e. The molecular formula is C22H26N4. The van der Waals surface area contributed by atoms with Gasteiger partial charge >= 0.3 is 0 Å². The molecule has 0 bridgehead atoms. The van der Waals surface area contributed by atoms with Crippen LogP contribution in [-0.2, 0) is 0 Å². The molecule has 0 radical (unpaired) electrons. The van der Waals surface area contributed by atoms with Crippen molar-refractivity contribution in [2.24, 2.45) is 4.99 Å². The van der Waals surface area contributed by atoms with Gasteiger partial charge in [0.1, 0.15) is 5.49 Å². The molecule has 0 spiro atoms. The maximum atomic E-state index is 5.12. The van der Waals surface area contributed by atoms with Crippen molar-refractivity contribution in [3.8, 4) is 5.69 Å². The minimum Gasteiger partial charge on any atom is -0.342 e. The average molecular weight is 346 g/mol. The van der Waals surface area contributed by atoms with E-state index in [1.54, 1.807) is 0 Å². The Kier molecular flexibility index (Phi) is 4.27. The van der Waals surface area contributed by atoms with Crippen LogP contribution in [0.4, 0.5) is 5.95 Å². The van der Waals surface area contributed by atoms with Crippen LogP contribution in [0, 0.1) is 0 Å². The molecule has 0 atom stereocenters. The number of benzene rings is 2. The zero-order chi connectivity index (χ0) is 18.1. The van der Waals surface area contributed by atoms with Crippen molar-refractivity contribution in [1.82, 2.24) is 9.55 Å². The van der Waals surface area contributed by atoms with Gasteiger partial charge in [-0.2, -0.15) is 0 Å². The summed E-state index contributed by atoms with van der Waals surface area (Å²) in [6.45, 7) is 8.54. The van der Waals surface area contributed by atoms with Gasteiger partial charge in [-0.15, -0.1) is 0 Å². The number of anilines is 1. The van der Waals surface area contributed by atoms with Gasteiger partial charge in [-0.25, -0.2) is 4.98 Å². The van der Waals surface area contributed by atoms with Crippen molar-refractivity contribution in [3.63, 3.8) is 0 Å². The molecule has 0 aliphatic carbocycles. The van der Waals surface area contributed by atoms with Crippen molar-refractivity contribution < 1.29 is 0 Å². The molecule has 3 aromatic rings. The van der Waals surface area contributed by atoms with Gasteiger partial charge in [-0.3, -0.25) is 9.56 Å². The number of para-hydroxylation sites is 2. The minimum absolute atomic E-state index is 0.178. The third-order valence-corrected chi connectivity index (χ3v) is 4.62. The van der Waals surface area contributed by atoms with Gasteiger partial charge in [-0.05, 0) is 57.9 Å². The van der Waals surface area contributed by atoms with Crippen LogP contribution in [0.2, 0.25) is 0 Å². The molecule has 0 unspecified atom stereocenters. The van der Waals surface area contributed by atoms with Gasteiger partial charge in [0.15, 0.2) is 0 Å². The van der Waals surface area contributed by atoms with Gasteiger partial charge in [0.25, 0.3) is 0 Å². The minimum atomic E-state index is -0.178. The van der Waals surface area contributed by atoms with Gasteiger partial charge in [0.05, 0.1) is 16.7 Å². The van der Waals surface area contributed by atoms with E-state index in [1.165, 1.54) is 12.8 Å². The lowest BCUT2D eigenvalue weighted by molar-refractivity contribution is 0.557. The second-order valence-electron chi connectivity index (χ2n) is 7.90. The van der Waals surface area contributed by atoms with Gasteiger partial charge in [0, 0.05) is 18.5 Å². The first-order valence-corrected chi connectivity index (χ1v) is 9.41. The fraction of sp³-hybridized carbons (Fsp3) is 0.364. The Morgan fingerprint density at radius 1 is 0.885 bits per heavy atom. The van der Waals surface area contributed by atoms with E-state index in [0.29, 0.717) is 0 Å². The fourth-order valence-corrected chi connectivity index (χ4v) is 3.51. The van der Waals surface area contributed by atoms with E-state index in [9.17, 15) is 0 Å². The third kappa shape index (κ3) is 3.24. The molecule has 2 aromatic carbocycles. The summed E-state index contributed by atoms with van der Waals surface area (Å²) in [5, 5.41) is 1.09. The largest absolute Gasteiger partial charge is 0.342 e. The quantitative estimate of drug-likeness (QED) is 0.692. The number of fused-ring (bicyclic) bond motifs is 1. The predicted molar refractivity (Wildman–Crippen MR) is 108 cm³/mol. The van der Waals surface area contributed by atoms with Gasteiger partial charge in [0.2, 0.25) is 5.95 Å². The molecule has 1 aromatic heterocycles. The first kappa shape index (κ1) is 16.8. The number of aromatic nitrogens is 2. The van der Waals surface area contributed by atoms with Gasteiger partial charge < -0.3 is 4.90 Å². The molecule has 26 heavy (non-hydrogen) atoms. The first-order chi connectivity index (χ1) is 12.5. The molecule has 4 nitrogen and oxygen atoms in total. The Balaban J connectivity index is 2.14. The standard InChI is InChI=1S/C22H26N4/c1-22(2,3)24-20-18-13-7-8-14-19(18)23-21(25-15-9-10-16-25)26(20)17-11-5-4-6-12-17/h4-8,11-14H,9-10,15-16H2,1-3H3. The number of hydrogen-bond donors (Lipinski definition) is 0. The topological polar surface area (TPSA) is 33.4 Å². The Morgan fingerprint density at radius 3 is 2.23 bits per heavy atom. The van der Waals surface area contributed by atoms with Crippen molar-refractivity contribution in [2.45, 2.75) is 39.2 Å². The van der Waals surface area contributed by atoms with Crippen LogP contribution in [0.1, 0.15) is 33.6 Å². The Hall–Kier alpha value is -2.62. The summed E-state index contributed by atoms with van der Waals surface area (Å²) < 4.78 is 2.24. The van der Waals surface area contributed by atoms with Crippen LogP contribution < -0.4 is 10.4 Å². The summed E-state index contributed by atoms with van der Waals surface area (Å²) in [4.78, 5) is 12.6. The van der Waals surface area contributed by atoms with Crippen LogP contribution >= 0.6 is 0 Å². The van der Waals surface area contributed by atoms with Crippen LogP contribution in [-0.4, -0.2) is 28.2 Å². The maximum Gasteiger partial charge on any atom is 0.212 e. The highest BCUT2D eigenvalue weighted by Crippen LogP contribution is 2.23. The van der Waals surface area contributed by atoms with E-state index in [0.717, 1.165) is 41.1 Å². The summed E-state index contributed by atoms with van der Waals surface area (Å²) in [5.41, 5.74) is 2.92. The van der Waals surface area contributed by atoms with Crippen molar-refractivity contribution >= 4 is 16.9 Å². The molecular weight excluding hydrogens is 320 g/mol. The lowest BCUT2D eigenvalue weighted by Gasteiger charge is -2.24. The molecule has 1 saturated heterocycles. The average Bonchev–Trinajstić information content (AvgIpc) is 3.15. The fourth-order valence-electron chi connectivity index (χ4n) is 3.51. The van der Waals surface area contributed by atoms with Crippen LogP contribution in [0.15, 0.2) is 59.6 Å².